The molecule has 1 rings (SSSR count). The summed E-state index contributed by atoms with van der Waals surface area (Å²) < 4.78 is 5.42. The molecule has 0 spiro atoms. The molecule has 0 bridgehead atoms. The molecule has 1 aromatic rings. The number of nitrogen functional groups attached to an aromatic ring is 1. The molecule has 0 aliphatic heterocycles. The highest BCUT2D eigenvalue weighted by Crippen LogP contribution is 2.24. The van der Waals surface area contributed by atoms with Gasteiger partial charge in [-0.3, -0.25) is 4.79 Å². The van der Waals surface area contributed by atoms with Crippen molar-refractivity contribution in [1.82, 2.24) is 5.32 Å². The second kappa shape index (κ2) is 7.14. The molecule has 0 fully saturated rings. The Morgan fingerprint density at radius 3 is 2.75 bits per heavy atom. The van der Waals surface area contributed by atoms with E-state index in [-0.39, 0.29) is 12.5 Å². The summed E-state index contributed by atoms with van der Waals surface area (Å²) in [5, 5.41) is 12.8. The van der Waals surface area contributed by atoms with Crippen LogP contribution >= 0.6 is 0 Å². The monoisotopic (exact) mass is 280 g/mol. The fraction of sp³-hybridized carbons (Fsp3) is 0.533. The van der Waals surface area contributed by atoms with Gasteiger partial charge in [0.1, 0.15) is 11.3 Å². The molecule has 1 aromatic carbocycles. The van der Waals surface area contributed by atoms with E-state index in [1.807, 2.05) is 13.8 Å². The third-order valence-electron chi connectivity index (χ3n) is 3.00. The van der Waals surface area contributed by atoms with Crippen molar-refractivity contribution < 1.29 is 14.6 Å². The number of benzene rings is 1. The van der Waals surface area contributed by atoms with Gasteiger partial charge in [0, 0.05) is 12.2 Å². The Kier molecular flexibility index (Phi) is 5.82. The van der Waals surface area contributed by atoms with Gasteiger partial charge in [0.25, 0.3) is 5.91 Å². The van der Waals surface area contributed by atoms with Gasteiger partial charge in [-0.1, -0.05) is 19.4 Å². The predicted octanol–water partition coefficient (Wildman–Crippen LogP) is 1.95. The Hall–Kier alpha value is -1.75. The summed E-state index contributed by atoms with van der Waals surface area (Å²) in [5.41, 5.74) is 5.62. The lowest BCUT2D eigenvalue weighted by atomic mass is 10.0. The molecule has 4 N–H and O–H groups in total. The van der Waals surface area contributed by atoms with Crippen LogP contribution in [0.1, 0.15) is 44.0 Å². The number of aliphatic hydroxyl groups is 1. The second-order valence-electron chi connectivity index (χ2n) is 5.08. The summed E-state index contributed by atoms with van der Waals surface area (Å²) in [7, 11) is 0. The first-order valence-corrected chi connectivity index (χ1v) is 6.93. The van der Waals surface area contributed by atoms with Gasteiger partial charge >= 0.3 is 0 Å². The van der Waals surface area contributed by atoms with E-state index in [2.05, 4.69) is 5.32 Å². The second-order valence-corrected chi connectivity index (χ2v) is 5.08. The summed E-state index contributed by atoms with van der Waals surface area (Å²) in [6.07, 6.45) is 1.47. The highest BCUT2D eigenvalue weighted by molar-refractivity contribution is 6.01. The average molecular weight is 280 g/mol. The van der Waals surface area contributed by atoms with Crippen LogP contribution in [0.15, 0.2) is 18.2 Å². The van der Waals surface area contributed by atoms with Crippen molar-refractivity contribution in [1.29, 1.82) is 0 Å². The van der Waals surface area contributed by atoms with Gasteiger partial charge in [-0.05, 0) is 32.4 Å². The van der Waals surface area contributed by atoms with Crippen molar-refractivity contribution in [3.05, 3.63) is 23.8 Å². The van der Waals surface area contributed by atoms with E-state index >= 15 is 0 Å². The zero-order chi connectivity index (χ0) is 15.2. The van der Waals surface area contributed by atoms with Gasteiger partial charge in [0.2, 0.25) is 0 Å². The minimum atomic E-state index is -0.917. The molecule has 20 heavy (non-hydrogen) atoms. The third-order valence-corrected chi connectivity index (χ3v) is 3.00. The minimum Gasteiger partial charge on any atom is -0.493 e. The Morgan fingerprint density at radius 1 is 1.45 bits per heavy atom. The number of amides is 1. The van der Waals surface area contributed by atoms with Crippen molar-refractivity contribution in [2.45, 2.75) is 39.2 Å². The van der Waals surface area contributed by atoms with Crippen molar-refractivity contribution in [3.63, 3.8) is 0 Å². The largest absolute Gasteiger partial charge is 0.493 e. The fourth-order valence-corrected chi connectivity index (χ4v) is 2.05. The number of rotatable bonds is 7. The van der Waals surface area contributed by atoms with E-state index in [0.717, 1.165) is 6.42 Å². The van der Waals surface area contributed by atoms with E-state index in [4.69, 9.17) is 10.5 Å². The van der Waals surface area contributed by atoms with Crippen LogP contribution in [0.4, 0.5) is 5.69 Å². The Balaban J connectivity index is 2.82. The van der Waals surface area contributed by atoms with Gasteiger partial charge in [0.05, 0.1) is 12.2 Å². The molecule has 0 heterocycles. The predicted molar refractivity (Wildman–Crippen MR) is 79.9 cm³/mol. The Bertz CT molecular complexity index is 458. The maximum Gasteiger partial charge on any atom is 0.257 e. The van der Waals surface area contributed by atoms with E-state index in [1.54, 1.807) is 25.1 Å². The molecule has 0 saturated carbocycles. The number of carbonyl (C=O) groups is 1. The molecule has 0 radical (unpaired) electrons. The third kappa shape index (κ3) is 4.42. The number of nitrogens with two attached hydrogens (primary N) is 1. The lowest BCUT2D eigenvalue weighted by molar-refractivity contribution is 0.0469. The van der Waals surface area contributed by atoms with Gasteiger partial charge in [-0.2, -0.15) is 0 Å². The van der Waals surface area contributed by atoms with Crippen molar-refractivity contribution >= 4 is 11.6 Å². The number of hydrogen-bond acceptors (Lipinski definition) is 4. The van der Waals surface area contributed by atoms with Crippen LogP contribution < -0.4 is 15.8 Å². The molecule has 0 saturated heterocycles. The first kappa shape index (κ1) is 16.3. The normalized spacial score (nSPS) is 13.6. The molecular weight excluding hydrogens is 256 g/mol. The maximum atomic E-state index is 12.2. The standard InChI is InChI=1S/C15H24N2O3/c1-4-9-15(3,19)10-17-14(18)13-11(16)7-6-8-12(13)20-5-2/h6-8,19H,4-5,9-10,16H2,1-3H3,(H,17,18). The molecular formula is C15H24N2O3. The van der Waals surface area contributed by atoms with E-state index < -0.39 is 5.60 Å². The molecule has 0 aromatic heterocycles. The Morgan fingerprint density at radius 2 is 2.15 bits per heavy atom. The molecule has 1 atom stereocenters. The van der Waals surface area contributed by atoms with Gasteiger partial charge < -0.3 is 20.9 Å². The SMILES string of the molecule is CCCC(C)(O)CNC(=O)c1c(N)cccc1OCC. The number of carbonyl (C=O) groups excluding carboxylic acids is 1. The topological polar surface area (TPSA) is 84.6 Å². The maximum absolute atomic E-state index is 12.2. The highest BCUT2D eigenvalue weighted by Gasteiger charge is 2.22. The van der Waals surface area contributed by atoms with Crippen molar-refractivity contribution in [2.24, 2.45) is 0 Å². The number of ether oxygens (including phenoxy) is 1. The smallest absolute Gasteiger partial charge is 0.257 e. The van der Waals surface area contributed by atoms with Crippen LogP contribution in [0.3, 0.4) is 0 Å². The number of anilines is 1. The van der Waals surface area contributed by atoms with Gasteiger partial charge in [-0.15, -0.1) is 0 Å². The minimum absolute atomic E-state index is 0.180. The summed E-state index contributed by atoms with van der Waals surface area (Å²) >= 11 is 0. The first-order valence-electron chi connectivity index (χ1n) is 6.93. The zero-order valence-corrected chi connectivity index (χ0v) is 12.4. The fourth-order valence-electron chi connectivity index (χ4n) is 2.05. The van der Waals surface area contributed by atoms with Crippen LogP contribution in [-0.4, -0.2) is 29.8 Å². The molecule has 1 unspecified atom stereocenters. The number of nitrogens with one attached hydrogen (secondary N) is 1. The quantitative estimate of drug-likeness (QED) is 0.666. The van der Waals surface area contributed by atoms with Crippen LogP contribution in [0.25, 0.3) is 0 Å². The Labute approximate surface area is 120 Å². The summed E-state index contributed by atoms with van der Waals surface area (Å²) in [6, 6.07) is 5.10. The highest BCUT2D eigenvalue weighted by atomic mass is 16.5. The van der Waals surface area contributed by atoms with Crippen LogP contribution in [0.2, 0.25) is 0 Å². The van der Waals surface area contributed by atoms with Crippen LogP contribution in [0.5, 0.6) is 5.75 Å². The zero-order valence-electron chi connectivity index (χ0n) is 12.4. The van der Waals surface area contributed by atoms with E-state index in [1.165, 1.54) is 0 Å². The first-order chi connectivity index (χ1) is 9.41. The molecule has 112 valence electrons. The van der Waals surface area contributed by atoms with Crippen molar-refractivity contribution in [2.75, 3.05) is 18.9 Å². The average Bonchev–Trinajstić information content (AvgIpc) is 2.37. The van der Waals surface area contributed by atoms with E-state index in [0.29, 0.717) is 30.0 Å². The number of hydrogen-bond donors (Lipinski definition) is 3. The van der Waals surface area contributed by atoms with Crippen LogP contribution in [0, 0.1) is 0 Å². The summed E-state index contributed by atoms with van der Waals surface area (Å²) in [6.45, 7) is 6.17. The van der Waals surface area contributed by atoms with Gasteiger partial charge in [0.15, 0.2) is 0 Å². The van der Waals surface area contributed by atoms with Crippen molar-refractivity contribution in [3.8, 4) is 5.75 Å². The van der Waals surface area contributed by atoms with Gasteiger partial charge in [-0.25, -0.2) is 0 Å². The van der Waals surface area contributed by atoms with Crippen LogP contribution in [-0.2, 0) is 0 Å². The molecule has 0 aliphatic rings. The lowest BCUT2D eigenvalue weighted by Crippen LogP contribution is -2.40. The summed E-state index contributed by atoms with van der Waals surface area (Å²) in [5.74, 6) is 0.128. The van der Waals surface area contributed by atoms with E-state index in [9.17, 15) is 9.90 Å². The molecule has 5 heteroatoms. The summed E-state index contributed by atoms with van der Waals surface area (Å²) in [4.78, 5) is 12.2. The molecule has 1 amide bonds. The lowest BCUT2D eigenvalue weighted by Gasteiger charge is -2.23. The molecule has 0 aliphatic carbocycles. The molecule has 5 nitrogen and oxygen atoms in total.